The average molecular weight is 434 g/mol. The fraction of sp³-hybridized carbons (Fsp3) is 0.167. The highest BCUT2D eigenvalue weighted by molar-refractivity contribution is 6.55. The van der Waals surface area contributed by atoms with Crippen LogP contribution in [0.2, 0.25) is 25.1 Å². The number of halogens is 5. The van der Waals surface area contributed by atoms with Gasteiger partial charge in [-0.3, -0.25) is 4.84 Å². The summed E-state index contributed by atoms with van der Waals surface area (Å²) in [5, 5.41) is 10.6. The van der Waals surface area contributed by atoms with E-state index in [-0.39, 0.29) is 31.7 Å². The Morgan fingerprint density at radius 3 is 2.00 bits per heavy atom. The standard InChI is InChI=1S/C12H5Cl5N2O5/c1-2-22-11(20)4(3-18)19-24-12(21)23-10-8(16)6(14)5(13)7(15)9(10)17/h2H2,1H3/b19-4-. The van der Waals surface area contributed by atoms with Gasteiger partial charge in [0.15, 0.2) is 5.75 Å². The summed E-state index contributed by atoms with van der Waals surface area (Å²) < 4.78 is 9.22. The van der Waals surface area contributed by atoms with Crippen molar-refractivity contribution in [2.45, 2.75) is 6.92 Å². The summed E-state index contributed by atoms with van der Waals surface area (Å²) in [6.45, 7) is 1.51. The van der Waals surface area contributed by atoms with Crippen LogP contribution < -0.4 is 4.74 Å². The second-order valence-corrected chi connectivity index (χ2v) is 5.50. The van der Waals surface area contributed by atoms with Gasteiger partial charge in [0, 0.05) is 0 Å². The van der Waals surface area contributed by atoms with E-state index >= 15 is 0 Å². The van der Waals surface area contributed by atoms with E-state index in [4.69, 9.17) is 68.0 Å². The van der Waals surface area contributed by atoms with E-state index in [9.17, 15) is 9.59 Å². The van der Waals surface area contributed by atoms with Gasteiger partial charge >= 0.3 is 12.1 Å². The molecule has 12 heteroatoms. The quantitative estimate of drug-likeness (QED) is 0.127. The molecule has 0 aliphatic carbocycles. The number of ether oxygens (including phenoxy) is 2. The van der Waals surface area contributed by atoms with E-state index in [0.717, 1.165) is 0 Å². The summed E-state index contributed by atoms with van der Waals surface area (Å²) in [5.41, 5.74) is -0.807. The van der Waals surface area contributed by atoms with Gasteiger partial charge in [0.1, 0.15) is 16.1 Å². The highest BCUT2D eigenvalue weighted by Gasteiger charge is 2.23. The Kier molecular flexibility index (Phi) is 7.87. The fourth-order valence-corrected chi connectivity index (χ4v) is 2.36. The molecule has 0 saturated carbocycles. The number of carbonyl (C=O) groups excluding carboxylic acids is 2. The molecule has 7 nitrogen and oxygen atoms in total. The number of benzene rings is 1. The van der Waals surface area contributed by atoms with E-state index in [1.54, 1.807) is 0 Å². The van der Waals surface area contributed by atoms with E-state index in [2.05, 4.69) is 14.7 Å². The van der Waals surface area contributed by atoms with Crippen molar-refractivity contribution in [3.05, 3.63) is 25.1 Å². The SMILES string of the molecule is CCOC(=O)/C(C#N)=N\OC(=O)Oc1c(Cl)c(Cl)c(Cl)c(Cl)c1Cl. The van der Waals surface area contributed by atoms with Crippen molar-refractivity contribution in [1.29, 1.82) is 5.26 Å². The zero-order valence-corrected chi connectivity index (χ0v) is 15.3. The molecule has 0 bridgehead atoms. The smallest absolute Gasteiger partial charge is 0.461 e. The Morgan fingerprint density at radius 1 is 1.04 bits per heavy atom. The van der Waals surface area contributed by atoms with E-state index in [0.29, 0.717) is 0 Å². The van der Waals surface area contributed by atoms with Crippen molar-refractivity contribution in [2.24, 2.45) is 5.16 Å². The lowest BCUT2D eigenvalue weighted by atomic mass is 10.3. The highest BCUT2D eigenvalue weighted by atomic mass is 35.5. The van der Waals surface area contributed by atoms with Crippen molar-refractivity contribution in [2.75, 3.05) is 6.61 Å². The number of carbonyl (C=O) groups is 2. The van der Waals surface area contributed by atoms with Crippen molar-refractivity contribution in [3.8, 4) is 11.8 Å². The number of oxime groups is 1. The van der Waals surface area contributed by atoms with Crippen LogP contribution in [0.15, 0.2) is 5.16 Å². The van der Waals surface area contributed by atoms with Crippen LogP contribution in [-0.4, -0.2) is 24.4 Å². The zero-order valence-electron chi connectivity index (χ0n) is 11.5. The number of hydrogen-bond acceptors (Lipinski definition) is 7. The number of nitriles is 1. The first-order chi connectivity index (χ1) is 11.2. The molecule has 0 atom stereocenters. The van der Waals surface area contributed by atoms with Gasteiger partial charge in [-0.25, -0.2) is 9.59 Å². The molecule has 0 saturated heterocycles. The number of nitrogens with zero attached hydrogens (tertiary/aromatic N) is 2. The van der Waals surface area contributed by atoms with E-state index in [1.807, 2.05) is 0 Å². The van der Waals surface area contributed by atoms with Crippen molar-refractivity contribution < 1.29 is 23.9 Å². The Bertz CT molecular complexity index is 730. The van der Waals surface area contributed by atoms with Gasteiger partial charge in [0.05, 0.1) is 21.7 Å². The maximum Gasteiger partial charge on any atom is 0.540 e. The Morgan fingerprint density at radius 2 is 1.54 bits per heavy atom. The van der Waals surface area contributed by atoms with Crippen molar-refractivity contribution in [3.63, 3.8) is 0 Å². The maximum atomic E-state index is 11.6. The minimum Gasteiger partial charge on any atom is -0.461 e. The summed E-state index contributed by atoms with van der Waals surface area (Å²) in [6.07, 6.45) is -1.47. The number of hydrogen-bond donors (Lipinski definition) is 0. The third-order valence-corrected chi connectivity index (χ3v) is 4.38. The Labute approximate surface area is 160 Å². The van der Waals surface area contributed by atoms with Gasteiger partial charge in [-0.2, -0.15) is 5.26 Å². The predicted octanol–water partition coefficient (Wildman–Crippen LogP) is 4.91. The fourth-order valence-electron chi connectivity index (χ4n) is 1.16. The lowest BCUT2D eigenvalue weighted by molar-refractivity contribution is -0.135. The first kappa shape index (κ1) is 20.6. The molecule has 0 aliphatic heterocycles. The van der Waals surface area contributed by atoms with E-state index < -0.39 is 23.6 Å². The molecule has 0 aliphatic rings. The van der Waals surface area contributed by atoms with Crippen LogP contribution in [0.1, 0.15) is 6.92 Å². The summed E-state index contributed by atoms with van der Waals surface area (Å²) in [5.74, 6) is -1.52. The Hall–Kier alpha value is -1.43. The Balaban J connectivity index is 2.98. The molecule has 24 heavy (non-hydrogen) atoms. The van der Waals surface area contributed by atoms with Crippen LogP contribution in [0.5, 0.6) is 5.75 Å². The summed E-state index contributed by atoms with van der Waals surface area (Å²) in [6, 6.07) is 1.39. The van der Waals surface area contributed by atoms with Crippen LogP contribution >= 0.6 is 58.0 Å². The van der Waals surface area contributed by atoms with Crippen LogP contribution in [0.25, 0.3) is 0 Å². The topological polar surface area (TPSA) is 98.0 Å². The molecule has 0 unspecified atom stereocenters. The lowest BCUT2D eigenvalue weighted by Crippen LogP contribution is -2.18. The average Bonchev–Trinajstić information content (AvgIpc) is 2.56. The first-order valence-electron chi connectivity index (χ1n) is 5.80. The molecule has 0 spiro atoms. The minimum atomic E-state index is -1.47. The normalized spacial score (nSPS) is 10.8. The van der Waals surface area contributed by atoms with Gasteiger partial charge in [-0.15, -0.1) is 0 Å². The largest absolute Gasteiger partial charge is 0.540 e. The summed E-state index contributed by atoms with van der Waals surface area (Å²) >= 11 is 29.1. The van der Waals surface area contributed by atoms with Crippen LogP contribution in [0.3, 0.4) is 0 Å². The molecular formula is C12H5Cl5N2O5. The van der Waals surface area contributed by atoms with Crippen molar-refractivity contribution >= 4 is 75.8 Å². The van der Waals surface area contributed by atoms with Gasteiger partial charge in [-0.1, -0.05) is 63.2 Å². The number of esters is 1. The number of rotatable bonds is 4. The molecule has 0 heterocycles. The molecule has 1 rings (SSSR count). The molecule has 0 fully saturated rings. The second-order valence-electron chi connectivity index (χ2n) is 3.61. The second kappa shape index (κ2) is 9.16. The molecule has 0 amide bonds. The summed E-state index contributed by atoms with van der Waals surface area (Å²) in [7, 11) is 0. The van der Waals surface area contributed by atoms with Gasteiger partial charge in [0.25, 0.3) is 5.71 Å². The summed E-state index contributed by atoms with van der Waals surface area (Å²) in [4.78, 5) is 27.1. The first-order valence-corrected chi connectivity index (χ1v) is 7.69. The van der Waals surface area contributed by atoms with Crippen molar-refractivity contribution in [1.82, 2.24) is 0 Å². The monoisotopic (exact) mass is 432 g/mol. The molecule has 0 aromatic heterocycles. The van der Waals surface area contributed by atoms with E-state index in [1.165, 1.54) is 13.0 Å². The van der Waals surface area contributed by atoms with Crippen LogP contribution in [0, 0.1) is 11.3 Å². The molecule has 0 N–H and O–H groups in total. The molecule has 1 aromatic carbocycles. The van der Waals surface area contributed by atoms with Gasteiger partial charge in [0.2, 0.25) is 0 Å². The molecular weight excluding hydrogens is 429 g/mol. The van der Waals surface area contributed by atoms with Gasteiger partial charge < -0.3 is 9.47 Å². The molecule has 0 radical (unpaired) electrons. The lowest BCUT2D eigenvalue weighted by Gasteiger charge is -2.11. The zero-order chi connectivity index (χ0) is 18.4. The van der Waals surface area contributed by atoms with Crippen LogP contribution in [0.4, 0.5) is 4.79 Å². The third kappa shape index (κ3) is 4.79. The minimum absolute atomic E-state index is 0.00301. The third-order valence-electron chi connectivity index (χ3n) is 2.14. The van der Waals surface area contributed by atoms with Gasteiger partial charge in [-0.05, 0) is 6.92 Å². The predicted molar refractivity (Wildman–Crippen MR) is 88.3 cm³/mol. The molecule has 1 aromatic rings. The van der Waals surface area contributed by atoms with Crippen LogP contribution in [-0.2, 0) is 14.4 Å². The molecule has 128 valence electrons. The highest BCUT2D eigenvalue weighted by Crippen LogP contribution is 2.48. The maximum absolute atomic E-state index is 11.6.